The van der Waals surface area contributed by atoms with Crippen LogP contribution in [0.4, 0.5) is 0 Å². The van der Waals surface area contributed by atoms with Crippen molar-refractivity contribution >= 4 is 11.9 Å². The van der Waals surface area contributed by atoms with Gasteiger partial charge in [-0.15, -0.1) is 0 Å². The Kier molecular flexibility index (Phi) is 11.3. The zero-order valence-corrected chi connectivity index (χ0v) is 27.8. The summed E-state index contributed by atoms with van der Waals surface area (Å²) in [6.07, 6.45) is 0. The van der Waals surface area contributed by atoms with Crippen LogP contribution in [-0.2, 0) is 43.2 Å². The molecule has 2 N–H and O–H groups in total. The highest BCUT2D eigenvalue weighted by atomic mass is 16.5. The van der Waals surface area contributed by atoms with Crippen molar-refractivity contribution in [3.8, 4) is 17.2 Å². The van der Waals surface area contributed by atoms with Crippen LogP contribution in [0.25, 0.3) is 0 Å². The lowest BCUT2D eigenvalue weighted by atomic mass is 9.81. The van der Waals surface area contributed by atoms with Crippen molar-refractivity contribution in [3.63, 3.8) is 0 Å². The van der Waals surface area contributed by atoms with Gasteiger partial charge < -0.3 is 29.2 Å². The van der Waals surface area contributed by atoms with Crippen molar-refractivity contribution in [1.29, 1.82) is 0 Å². The minimum atomic E-state index is -1.07. The second-order valence-corrected chi connectivity index (χ2v) is 12.5. The monoisotopic (exact) mass is 660 g/mol. The molecule has 2 bridgehead atoms. The van der Waals surface area contributed by atoms with E-state index >= 15 is 0 Å². The number of hydrogen-bond acceptors (Lipinski definition) is 7. The number of carboxylic acids is 1. The number of aromatic carboxylic acids is 1. The first-order valence-corrected chi connectivity index (χ1v) is 16.0. The predicted octanol–water partition coefficient (Wildman–Crippen LogP) is 8.27. The maximum atomic E-state index is 12.1. The minimum absolute atomic E-state index is 0.107. The lowest BCUT2D eigenvalue weighted by Gasteiger charge is -2.28. The second-order valence-electron chi connectivity index (χ2n) is 12.5. The van der Waals surface area contributed by atoms with Gasteiger partial charge in [0.1, 0.15) is 49.2 Å². The van der Waals surface area contributed by atoms with Crippen LogP contribution >= 0.6 is 0 Å². The van der Waals surface area contributed by atoms with Crippen LogP contribution in [0.2, 0.25) is 0 Å². The molecule has 8 heteroatoms. The van der Waals surface area contributed by atoms with Crippen molar-refractivity contribution in [2.45, 2.75) is 59.2 Å². The summed E-state index contributed by atoms with van der Waals surface area (Å²) in [5, 5.41) is 20.1. The summed E-state index contributed by atoms with van der Waals surface area (Å²) >= 11 is 0. The average Bonchev–Trinajstić information content (AvgIpc) is 3.13. The number of aliphatic hydroxyl groups excluding tert-OH is 1. The van der Waals surface area contributed by atoms with Gasteiger partial charge in [0.2, 0.25) is 0 Å². The van der Waals surface area contributed by atoms with Gasteiger partial charge in [-0.05, 0) is 45.9 Å². The smallest absolute Gasteiger partial charge is 0.342 e. The number of benzene rings is 5. The van der Waals surface area contributed by atoms with E-state index in [4.69, 9.17) is 18.9 Å². The topological polar surface area (TPSA) is 112 Å². The summed E-state index contributed by atoms with van der Waals surface area (Å²) in [6.45, 7) is 6.77. The number of carbonyl (C=O) groups is 2. The molecule has 0 radical (unpaired) electrons. The van der Waals surface area contributed by atoms with E-state index < -0.39 is 11.4 Å². The Morgan fingerprint density at radius 2 is 1.27 bits per heavy atom. The lowest BCUT2D eigenvalue weighted by Crippen LogP contribution is -2.21. The number of carboxylic acid groups (broad SMARTS) is 1. The standard InChI is InChI=1S/C26H28O5.C15H12O3/c1-26(2,3)23-20(25(28)29)14-22(30-16-18-10-6-4-7-11-18)21(15-27)24(23)31-17-19-12-8-5-9-13-19;16-15(18-9-11-4-2-1-3-5-11)13-8-12-6-7-14(13)17-10-12/h4-14,27H,15-17H2,1-3H3,(H,28,29);1-8H,9-10H2. The molecule has 0 saturated carbocycles. The first kappa shape index (κ1) is 34.7. The zero-order chi connectivity index (χ0) is 34.8. The highest BCUT2D eigenvalue weighted by molar-refractivity contribution is 5.93. The fourth-order valence-electron chi connectivity index (χ4n) is 5.41. The molecule has 0 spiro atoms. The number of fused-ring (bicyclic) bond motifs is 3. The van der Waals surface area contributed by atoms with Gasteiger partial charge in [0.05, 0.1) is 17.7 Å². The van der Waals surface area contributed by atoms with E-state index in [1.54, 1.807) is 6.07 Å². The van der Waals surface area contributed by atoms with E-state index in [0.717, 1.165) is 22.3 Å². The first-order valence-electron chi connectivity index (χ1n) is 16.0. The number of ether oxygens (including phenoxy) is 4. The Balaban J connectivity index is 0.000000219. The van der Waals surface area contributed by atoms with E-state index in [0.29, 0.717) is 40.5 Å². The number of rotatable bonds is 11. The van der Waals surface area contributed by atoms with Gasteiger partial charge in [0.15, 0.2) is 0 Å². The quantitative estimate of drug-likeness (QED) is 0.136. The Bertz CT molecular complexity index is 1860. The molecule has 2 heterocycles. The highest BCUT2D eigenvalue weighted by Crippen LogP contribution is 2.42. The van der Waals surface area contributed by atoms with Gasteiger partial charge >= 0.3 is 11.9 Å². The third-order valence-corrected chi connectivity index (χ3v) is 7.82. The average molecular weight is 661 g/mol. The van der Waals surface area contributed by atoms with Crippen LogP contribution in [0.3, 0.4) is 0 Å². The molecule has 0 fully saturated rings. The van der Waals surface area contributed by atoms with Gasteiger partial charge in [-0.3, -0.25) is 0 Å². The molecule has 0 atom stereocenters. The van der Waals surface area contributed by atoms with Crippen molar-refractivity contribution < 1.29 is 38.7 Å². The molecule has 2 aliphatic heterocycles. The normalized spacial score (nSPS) is 11.5. The summed E-state index contributed by atoms with van der Waals surface area (Å²) in [7, 11) is 0. The molecule has 5 aromatic rings. The maximum Gasteiger partial charge on any atom is 0.342 e. The van der Waals surface area contributed by atoms with Crippen LogP contribution in [0.1, 0.15) is 74.9 Å². The number of carbonyl (C=O) groups excluding carboxylic acids is 1. The molecule has 2 aliphatic rings. The molecular weight excluding hydrogens is 620 g/mol. The fourth-order valence-corrected chi connectivity index (χ4v) is 5.41. The summed E-state index contributed by atoms with van der Waals surface area (Å²) in [4.78, 5) is 24.1. The predicted molar refractivity (Wildman–Crippen MR) is 186 cm³/mol. The Labute approximate surface area is 286 Å². The third kappa shape index (κ3) is 9.06. The minimum Gasteiger partial charge on any atom is -0.488 e. The number of esters is 1. The summed E-state index contributed by atoms with van der Waals surface area (Å²) in [5.74, 6) is -0.136. The second kappa shape index (κ2) is 16.0. The fraction of sp³-hybridized carbons (Fsp3) is 0.220. The van der Waals surface area contributed by atoms with Gasteiger partial charge in [0.25, 0.3) is 0 Å². The van der Waals surface area contributed by atoms with Crippen LogP contribution in [0, 0.1) is 0 Å². The van der Waals surface area contributed by atoms with Crippen molar-refractivity contribution in [2.24, 2.45) is 0 Å². The van der Waals surface area contributed by atoms with Gasteiger partial charge in [-0.25, -0.2) is 9.59 Å². The summed E-state index contributed by atoms with van der Waals surface area (Å²) in [6, 6.07) is 35.9. The van der Waals surface area contributed by atoms with E-state index in [9.17, 15) is 19.8 Å². The molecule has 0 unspecified atom stereocenters. The van der Waals surface area contributed by atoms with E-state index in [-0.39, 0.29) is 38.0 Å². The van der Waals surface area contributed by atoms with Gasteiger partial charge in [0, 0.05) is 5.56 Å². The first-order chi connectivity index (χ1) is 23.6. The van der Waals surface area contributed by atoms with Crippen molar-refractivity contribution in [2.75, 3.05) is 0 Å². The van der Waals surface area contributed by atoms with E-state index in [1.807, 2.05) is 124 Å². The Hall–Kier alpha value is -5.60. The molecule has 252 valence electrons. The molecule has 8 nitrogen and oxygen atoms in total. The summed E-state index contributed by atoms with van der Waals surface area (Å²) in [5.41, 5.74) is 4.92. The van der Waals surface area contributed by atoms with E-state index in [2.05, 4.69) is 0 Å². The molecule has 0 aliphatic carbocycles. The third-order valence-electron chi connectivity index (χ3n) is 7.82. The lowest BCUT2D eigenvalue weighted by molar-refractivity contribution is 0.0464. The molecule has 0 amide bonds. The van der Waals surface area contributed by atoms with Crippen molar-refractivity contribution in [1.82, 2.24) is 0 Å². The molecule has 0 saturated heterocycles. The zero-order valence-electron chi connectivity index (χ0n) is 27.8. The van der Waals surface area contributed by atoms with E-state index in [1.165, 1.54) is 6.07 Å². The Morgan fingerprint density at radius 1 is 0.714 bits per heavy atom. The van der Waals surface area contributed by atoms with Gasteiger partial charge in [-0.1, -0.05) is 118 Å². The van der Waals surface area contributed by atoms with Crippen LogP contribution in [0.5, 0.6) is 17.2 Å². The molecular formula is C41H40O8. The number of hydrogen-bond donors (Lipinski definition) is 2. The molecule has 5 aromatic carbocycles. The van der Waals surface area contributed by atoms with Crippen LogP contribution in [-0.4, -0.2) is 22.2 Å². The molecule has 0 aromatic heterocycles. The SMILES string of the molecule is CC(C)(C)c1c(C(=O)O)cc(OCc2ccccc2)c(CO)c1OCc1ccccc1.O=C(OCc1ccccc1)c1cc2ccc1OC2. The largest absolute Gasteiger partial charge is 0.488 e. The summed E-state index contributed by atoms with van der Waals surface area (Å²) < 4.78 is 22.8. The maximum absolute atomic E-state index is 12.1. The van der Waals surface area contributed by atoms with Gasteiger partial charge in [-0.2, -0.15) is 0 Å². The Morgan fingerprint density at radius 3 is 1.71 bits per heavy atom. The highest BCUT2D eigenvalue weighted by Gasteiger charge is 2.31. The molecule has 49 heavy (non-hydrogen) atoms. The molecule has 7 rings (SSSR count). The number of aliphatic hydroxyl groups is 1. The van der Waals surface area contributed by atoms with Crippen LogP contribution in [0.15, 0.2) is 115 Å². The van der Waals surface area contributed by atoms with Crippen molar-refractivity contribution in [3.05, 3.63) is 160 Å². The van der Waals surface area contributed by atoms with Crippen LogP contribution < -0.4 is 14.2 Å².